The van der Waals surface area contributed by atoms with Crippen molar-refractivity contribution in [3.63, 3.8) is 0 Å². The second-order valence-corrected chi connectivity index (χ2v) is 11.8. The van der Waals surface area contributed by atoms with E-state index in [0.717, 1.165) is 0 Å². The molecule has 1 aliphatic rings. The molecule has 1 aliphatic carbocycles. The second-order valence-electron chi connectivity index (χ2n) is 7.68. The molecule has 3 aromatic rings. The van der Waals surface area contributed by atoms with Crippen molar-refractivity contribution >= 4 is 24.2 Å². The largest absolute Gasteiger partial charge is 1.00 e. The average molecular weight is 342 g/mol. The van der Waals surface area contributed by atoms with Crippen LogP contribution < -0.4 is 29.0 Å². The first-order valence-electron chi connectivity index (χ1n) is 9.25. The molecule has 126 valence electrons. The molecule has 2 aromatic carbocycles. The van der Waals surface area contributed by atoms with Crippen LogP contribution >= 0.6 is 0 Å². The van der Waals surface area contributed by atoms with Gasteiger partial charge in [0.15, 0.2) is 0 Å². The minimum Gasteiger partial charge on any atom is -0.371 e. The summed E-state index contributed by atoms with van der Waals surface area (Å²) in [6.45, 7) is 4.95. The van der Waals surface area contributed by atoms with Crippen molar-refractivity contribution in [1.29, 1.82) is 0 Å². The Kier molecular flexibility index (Phi) is 5.70. The summed E-state index contributed by atoms with van der Waals surface area (Å²) in [5.74, 6) is 0. The Hall–Kier alpha value is -1.12. The number of fused-ring (bicyclic) bond motifs is 1. The molecule has 1 heterocycles. The summed E-state index contributed by atoms with van der Waals surface area (Å²) in [7, 11) is -1.69. The van der Waals surface area contributed by atoms with Crippen LogP contribution in [0.25, 0.3) is 16.5 Å². The molecule has 0 unspecified atom stereocenters. The number of rotatable bonds is 4. The Morgan fingerprint density at radius 2 is 1.68 bits per heavy atom. The van der Waals surface area contributed by atoms with Gasteiger partial charge in [-0.2, -0.15) is 0 Å². The molecule has 1 fully saturated rings. The zero-order valence-corrected chi connectivity index (χ0v) is 16.8. The summed E-state index contributed by atoms with van der Waals surface area (Å²) < 4.78 is 2.25. The molecule has 0 amide bonds. The van der Waals surface area contributed by atoms with Gasteiger partial charge >= 0.3 is 18.9 Å². The minimum absolute atomic E-state index is 0. The van der Waals surface area contributed by atoms with Gasteiger partial charge in [-0.25, -0.2) is 0 Å². The molecule has 25 heavy (non-hydrogen) atoms. The van der Waals surface area contributed by atoms with Crippen molar-refractivity contribution in [2.24, 2.45) is 0 Å². The standard InChI is InChI=1S/C21H27N2Si.Li/c1-24(2,22-17-10-4-3-5-11-17)21-16-20(23-14-8-9-15-23)18-12-6-7-13-19(18)21;/h6-9,12-17,22H,3-5,10-11H2,1-2H3;/q-1;+1. The third kappa shape index (κ3) is 3.71. The number of nitrogens with one attached hydrogen (secondary N) is 1. The maximum Gasteiger partial charge on any atom is 1.00 e. The molecular formula is C21H27LiN2Si. The molecule has 0 bridgehead atoms. The van der Waals surface area contributed by atoms with E-state index in [1.165, 1.54) is 48.6 Å². The van der Waals surface area contributed by atoms with Crippen LogP contribution in [-0.2, 0) is 0 Å². The fraction of sp³-hybridized carbons (Fsp3) is 0.381. The van der Waals surface area contributed by atoms with E-state index in [9.17, 15) is 0 Å². The topological polar surface area (TPSA) is 17.0 Å². The Balaban J connectivity index is 0.00000182. The first-order valence-corrected chi connectivity index (χ1v) is 12.2. The zero-order chi connectivity index (χ0) is 16.6. The predicted molar refractivity (Wildman–Crippen MR) is 106 cm³/mol. The minimum atomic E-state index is -1.69. The van der Waals surface area contributed by atoms with E-state index in [4.69, 9.17) is 0 Å². The summed E-state index contributed by atoms with van der Waals surface area (Å²) in [6, 6.07) is 16.2. The first kappa shape index (κ1) is 18.7. The third-order valence-electron chi connectivity index (χ3n) is 5.50. The quantitative estimate of drug-likeness (QED) is 0.564. The molecule has 0 spiro atoms. The molecular weight excluding hydrogens is 315 g/mol. The summed E-state index contributed by atoms with van der Waals surface area (Å²) in [6.07, 6.45) is 11.2. The molecule has 0 radical (unpaired) electrons. The van der Waals surface area contributed by atoms with Crippen molar-refractivity contribution in [1.82, 2.24) is 9.55 Å². The van der Waals surface area contributed by atoms with Crippen LogP contribution in [-0.4, -0.2) is 18.8 Å². The Bertz CT molecular complexity index is 814. The summed E-state index contributed by atoms with van der Waals surface area (Å²) in [4.78, 5) is 4.09. The molecule has 4 heteroatoms. The average Bonchev–Trinajstić information content (AvgIpc) is 3.23. The van der Waals surface area contributed by atoms with Gasteiger partial charge in [0.05, 0.1) is 0 Å². The number of hydrogen-bond acceptors (Lipinski definition) is 1. The van der Waals surface area contributed by atoms with E-state index >= 15 is 0 Å². The van der Waals surface area contributed by atoms with Crippen molar-refractivity contribution in [3.8, 4) is 5.69 Å². The van der Waals surface area contributed by atoms with E-state index < -0.39 is 8.24 Å². The molecule has 2 nitrogen and oxygen atoms in total. The molecule has 0 aliphatic heterocycles. The molecule has 4 rings (SSSR count). The number of hydrogen-bond donors (Lipinski definition) is 1. The normalized spacial score (nSPS) is 16.1. The molecule has 1 N–H and O–H groups in total. The van der Waals surface area contributed by atoms with E-state index in [0.29, 0.717) is 6.04 Å². The maximum absolute atomic E-state index is 4.09. The van der Waals surface area contributed by atoms with Crippen molar-refractivity contribution in [3.05, 3.63) is 54.9 Å². The van der Waals surface area contributed by atoms with Crippen LogP contribution in [0.15, 0.2) is 54.9 Å². The van der Waals surface area contributed by atoms with Crippen LogP contribution in [0.3, 0.4) is 0 Å². The van der Waals surface area contributed by atoms with Crippen LogP contribution in [0.1, 0.15) is 32.1 Å². The Labute approximate surface area is 164 Å². The van der Waals surface area contributed by atoms with E-state index in [-0.39, 0.29) is 18.9 Å². The maximum atomic E-state index is 4.09. The van der Waals surface area contributed by atoms with Crippen molar-refractivity contribution in [2.75, 3.05) is 0 Å². The van der Waals surface area contributed by atoms with E-state index in [1.54, 1.807) is 5.19 Å². The SMILES string of the molecule is C[Si](C)(NC1CCCCC1)[c-]1cc(-n2cccc2)c2ccccc21.[Li+]. The van der Waals surface area contributed by atoms with Gasteiger partial charge in [0.1, 0.15) is 8.24 Å². The second kappa shape index (κ2) is 7.64. The van der Waals surface area contributed by atoms with Gasteiger partial charge in [-0.15, -0.1) is 40.2 Å². The van der Waals surface area contributed by atoms with E-state index in [1.807, 2.05) is 0 Å². The number of nitrogens with zero attached hydrogens (tertiary/aromatic N) is 1. The zero-order valence-electron chi connectivity index (χ0n) is 15.8. The van der Waals surface area contributed by atoms with Crippen LogP contribution in [0.5, 0.6) is 0 Å². The molecule has 0 saturated heterocycles. The smallest absolute Gasteiger partial charge is 0.371 e. The van der Waals surface area contributed by atoms with Crippen LogP contribution in [0, 0.1) is 0 Å². The molecule has 1 aromatic heterocycles. The fourth-order valence-electron chi connectivity index (χ4n) is 4.29. The predicted octanol–water partition coefficient (Wildman–Crippen LogP) is 1.69. The van der Waals surface area contributed by atoms with Crippen LogP contribution in [0.4, 0.5) is 0 Å². The van der Waals surface area contributed by atoms with Crippen molar-refractivity contribution < 1.29 is 18.9 Å². The first-order chi connectivity index (χ1) is 11.6. The summed E-state index contributed by atoms with van der Waals surface area (Å²) in [5.41, 5.74) is 1.32. The Morgan fingerprint density at radius 1 is 1.00 bits per heavy atom. The number of aromatic nitrogens is 1. The van der Waals surface area contributed by atoms with Gasteiger partial charge in [0.2, 0.25) is 0 Å². The molecule has 0 atom stereocenters. The fourth-order valence-corrected chi connectivity index (χ4v) is 7.15. The van der Waals surface area contributed by atoms with Gasteiger partial charge < -0.3 is 9.55 Å². The molecule has 1 saturated carbocycles. The third-order valence-corrected chi connectivity index (χ3v) is 8.39. The Morgan fingerprint density at radius 3 is 2.40 bits per heavy atom. The van der Waals surface area contributed by atoms with Gasteiger partial charge in [-0.05, 0) is 37.4 Å². The summed E-state index contributed by atoms with van der Waals surface area (Å²) >= 11 is 0. The van der Waals surface area contributed by atoms with E-state index in [2.05, 4.69) is 77.5 Å². The van der Waals surface area contributed by atoms with Gasteiger partial charge in [-0.1, -0.05) is 44.1 Å². The van der Waals surface area contributed by atoms with Crippen LogP contribution in [0.2, 0.25) is 13.1 Å². The van der Waals surface area contributed by atoms with Crippen molar-refractivity contribution in [2.45, 2.75) is 51.2 Å². The van der Waals surface area contributed by atoms with Gasteiger partial charge in [0, 0.05) is 6.04 Å². The monoisotopic (exact) mass is 342 g/mol. The number of benzene rings is 1. The van der Waals surface area contributed by atoms with Gasteiger partial charge in [0.25, 0.3) is 0 Å². The van der Waals surface area contributed by atoms with Gasteiger partial charge in [-0.3, -0.25) is 0 Å². The summed E-state index contributed by atoms with van der Waals surface area (Å²) in [5, 5.41) is 4.35.